The number of quaternary nitrogens is 1. The van der Waals surface area contributed by atoms with Gasteiger partial charge in [-0.2, -0.15) is 0 Å². The molecule has 3 rings (SSSR count). The number of ether oxygens (including phenoxy) is 2. The van der Waals surface area contributed by atoms with Crippen molar-refractivity contribution in [3.63, 3.8) is 0 Å². The number of rotatable bonds is 2. The molecule has 1 aromatic rings. The lowest BCUT2D eigenvalue weighted by Crippen LogP contribution is -2.56. The fourth-order valence-electron chi connectivity index (χ4n) is 2.96. The quantitative estimate of drug-likeness (QED) is 0.590. The molecule has 0 radical (unpaired) electrons. The molecule has 4 nitrogen and oxygen atoms in total. The van der Waals surface area contributed by atoms with E-state index >= 15 is 0 Å². The van der Waals surface area contributed by atoms with Crippen LogP contribution in [0.15, 0.2) is 24.3 Å². The zero-order valence-corrected chi connectivity index (χ0v) is 10.6. The van der Waals surface area contributed by atoms with Crippen molar-refractivity contribution in [2.24, 2.45) is 0 Å². The third-order valence-electron chi connectivity index (χ3n) is 4.15. The van der Waals surface area contributed by atoms with Crippen LogP contribution in [0.4, 0.5) is 0 Å². The number of nitrogens with zero attached hydrogens (tertiary/aromatic N) is 1. The van der Waals surface area contributed by atoms with Gasteiger partial charge in [0.05, 0.1) is 30.9 Å². The molecule has 1 unspecified atom stereocenters. The maximum absolute atomic E-state index is 11.9. The highest BCUT2D eigenvalue weighted by atomic mass is 16.6. The molecule has 18 heavy (non-hydrogen) atoms. The van der Waals surface area contributed by atoms with Crippen LogP contribution in [0.2, 0.25) is 0 Å². The Morgan fingerprint density at radius 3 is 2.72 bits per heavy atom. The van der Waals surface area contributed by atoms with Gasteiger partial charge in [0.2, 0.25) is 0 Å². The SMILES string of the molecule is CC[N+]1(C2OC(=O)c3ccccc32)CCOCC1. The summed E-state index contributed by atoms with van der Waals surface area (Å²) < 4.78 is 11.9. The van der Waals surface area contributed by atoms with E-state index in [0.717, 1.165) is 48.5 Å². The van der Waals surface area contributed by atoms with Gasteiger partial charge in [0.1, 0.15) is 13.1 Å². The molecule has 0 aromatic heterocycles. The Bertz CT molecular complexity index is 466. The van der Waals surface area contributed by atoms with Crippen LogP contribution < -0.4 is 0 Å². The van der Waals surface area contributed by atoms with Gasteiger partial charge in [-0.05, 0) is 19.1 Å². The highest BCUT2D eigenvalue weighted by Crippen LogP contribution is 2.38. The molecule has 2 aliphatic rings. The average Bonchev–Trinajstić information content (AvgIpc) is 2.78. The Hall–Kier alpha value is -1.39. The Morgan fingerprint density at radius 1 is 1.28 bits per heavy atom. The maximum atomic E-state index is 11.9. The molecule has 2 heterocycles. The highest BCUT2D eigenvalue weighted by Gasteiger charge is 2.46. The molecule has 1 saturated heterocycles. The van der Waals surface area contributed by atoms with Gasteiger partial charge in [0, 0.05) is 0 Å². The van der Waals surface area contributed by atoms with Crippen molar-refractivity contribution in [2.45, 2.75) is 13.2 Å². The topological polar surface area (TPSA) is 35.5 Å². The number of hydrogen-bond acceptors (Lipinski definition) is 3. The first-order chi connectivity index (χ1) is 8.77. The second-order valence-corrected chi connectivity index (χ2v) is 4.94. The summed E-state index contributed by atoms with van der Waals surface area (Å²) in [7, 11) is 0. The molecule has 1 fully saturated rings. The molecule has 0 spiro atoms. The Labute approximate surface area is 107 Å². The van der Waals surface area contributed by atoms with Crippen molar-refractivity contribution in [3.8, 4) is 0 Å². The Morgan fingerprint density at radius 2 is 2.00 bits per heavy atom. The van der Waals surface area contributed by atoms with E-state index in [-0.39, 0.29) is 12.2 Å². The minimum Gasteiger partial charge on any atom is -0.404 e. The van der Waals surface area contributed by atoms with Crippen LogP contribution in [0.5, 0.6) is 0 Å². The van der Waals surface area contributed by atoms with E-state index in [0.29, 0.717) is 0 Å². The lowest BCUT2D eigenvalue weighted by Gasteiger charge is -2.43. The molecule has 0 aliphatic carbocycles. The average molecular weight is 248 g/mol. The summed E-state index contributed by atoms with van der Waals surface area (Å²) in [6.07, 6.45) is -0.150. The van der Waals surface area contributed by atoms with Crippen LogP contribution in [0, 0.1) is 0 Å². The van der Waals surface area contributed by atoms with Gasteiger partial charge < -0.3 is 9.47 Å². The van der Waals surface area contributed by atoms with E-state index in [1.807, 2.05) is 24.3 Å². The van der Waals surface area contributed by atoms with Crippen molar-refractivity contribution >= 4 is 5.97 Å². The van der Waals surface area contributed by atoms with Crippen LogP contribution >= 0.6 is 0 Å². The fraction of sp³-hybridized carbons (Fsp3) is 0.500. The molecular formula is C14H18NO3+. The van der Waals surface area contributed by atoms with Gasteiger partial charge in [-0.15, -0.1) is 0 Å². The zero-order valence-electron chi connectivity index (χ0n) is 10.6. The Kier molecular flexibility index (Phi) is 2.84. The van der Waals surface area contributed by atoms with Crippen molar-refractivity contribution in [1.82, 2.24) is 0 Å². The highest BCUT2D eigenvalue weighted by molar-refractivity contribution is 5.93. The summed E-state index contributed by atoms with van der Waals surface area (Å²) in [4.78, 5) is 11.9. The van der Waals surface area contributed by atoms with Gasteiger partial charge in [-0.1, -0.05) is 12.1 Å². The molecule has 0 saturated carbocycles. The minimum atomic E-state index is -0.187. The number of carbonyl (C=O) groups excluding carboxylic acids is 1. The summed E-state index contributed by atoms with van der Waals surface area (Å²) >= 11 is 0. The number of cyclic esters (lactones) is 1. The van der Waals surface area contributed by atoms with E-state index < -0.39 is 0 Å². The standard InChI is InChI=1S/C14H18NO3/c1-2-15(7-9-17-10-8-15)13-11-5-3-4-6-12(11)14(16)18-13/h3-6,13H,2,7-10H2,1H3/q+1. The predicted octanol–water partition coefficient (Wildman–Crippen LogP) is 1.72. The van der Waals surface area contributed by atoms with Crippen molar-refractivity contribution in [3.05, 3.63) is 35.4 Å². The summed E-state index contributed by atoms with van der Waals surface area (Å²) in [6.45, 7) is 6.40. The van der Waals surface area contributed by atoms with Crippen LogP contribution in [-0.2, 0) is 9.47 Å². The molecular weight excluding hydrogens is 230 g/mol. The molecule has 1 atom stereocenters. The Balaban J connectivity index is 2.00. The third-order valence-corrected chi connectivity index (χ3v) is 4.15. The number of benzene rings is 1. The van der Waals surface area contributed by atoms with E-state index in [9.17, 15) is 4.79 Å². The largest absolute Gasteiger partial charge is 0.404 e. The number of morpholine rings is 1. The monoisotopic (exact) mass is 248 g/mol. The van der Waals surface area contributed by atoms with Crippen LogP contribution in [0.1, 0.15) is 29.1 Å². The predicted molar refractivity (Wildman–Crippen MR) is 66.0 cm³/mol. The van der Waals surface area contributed by atoms with Crippen molar-refractivity contribution in [2.75, 3.05) is 32.8 Å². The molecule has 0 amide bonds. The normalized spacial score (nSPS) is 25.6. The lowest BCUT2D eigenvalue weighted by molar-refractivity contribution is -0.979. The van der Waals surface area contributed by atoms with Crippen molar-refractivity contribution < 1.29 is 18.8 Å². The van der Waals surface area contributed by atoms with Crippen molar-refractivity contribution in [1.29, 1.82) is 0 Å². The third kappa shape index (κ3) is 1.64. The second kappa shape index (κ2) is 4.37. The molecule has 0 bridgehead atoms. The second-order valence-electron chi connectivity index (χ2n) is 4.94. The van der Waals surface area contributed by atoms with E-state index in [1.54, 1.807) is 0 Å². The zero-order chi connectivity index (χ0) is 12.6. The van der Waals surface area contributed by atoms with E-state index in [2.05, 4.69) is 6.92 Å². The van der Waals surface area contributed by atoms with Crippen LogP contribution in [0.3, 0.4) is 0 Å². The van der Waals surface area contributed by atoms with E-state index in [1.165, 1.54) is 0 Å². The lowest BCUT2D eigenvalue weighted by atomic mass is 10.1. The van der Waals surface area contributed by atoms with Gasteiger partial charge in [0.25, 0.3) is 6.23 Å². The van der Waals surface area contributed by atoms with Gasteiger partial charge >= 0.3 is 5.97 Å². The number of esters is 1. The van der Waals surface area contributed by atoms with Gasteiger partial charge in [-0.25, -0.2) is 4.79 Å². The number of hydrogen-bond donors (Lipinski definition) is 0. The number of carbonyl (C=O) groups is 1. The summed E-state index contributed by atoms with van der Waals surface area (Å²) in [6, 6.07) is 7.72. The summed E-state index contributed by atoms with van der Waals surface area (Å²) in [5, 5.41) is 0. The summed E-state index contributed by atoms with van der Waals surface area (Å²) in [5.41, 5.74) is 1.76. The van der Waals surface area contributed by atoms with Crippen LogP contribution in [0.25, 0.3) is 0 Å². The smallest absolute Gasteiger partial charge is 0.343 e. The first kappa shape index (κ1) is 11.7. The fourth-order valence-corrected chi connectivity index (χ4v) is 2.96. The molecule has 4 heteroatoms. The van der Waals surface area contributed by atoms with E-state index in [4.69, 9.17) is 9.47 Å². The molecule has 1 aromatic carbocycles. The first-order valence-corrected chi connectivity index (χ1v) is 6.50. The maximum Gasteiger partial charge on any atom is 0.343 e. The summed E-state index contributed by atoms with van der Waals surface area (Å²) in [5.74, 6) is -0.187. The number of likely N-dealkylation sites (N-methyl/N-ethyl adjacent to an activating group) is 1. The minimum absolute atomic E-state index is 0.150. The first-order valence-electron chi connectivity index (χ1n) is 6.50. The van der Waals surface area contributed by atoms with Crippen LogP contribution in [-0.4, -0.2) is 43.3 Å². The number of fused-ring (bicyclic) bond motifs is 1. The molecule has 2 aliphatic heterocycles. The van der Waals surface area contributed by atoms with Gasteiger partial charge in [-0.3, -0.25) is 4.48 Å². The molecule has 0 N–H and O–H groups in total. The molecule has 96 valence electrons. The van der Waals surface area contributed by atoms with Gasteiger partial charge in [0.15, 0.2) is 0 Å².